The number of ether oxygens (including phenoxy) is 1. The van der Waals surface area contributed by atoms with Crippen LogP contribution >= 0.6 is 0 Å². The van der Waals surface area contributed by atoms with E-state index in [1.165, 1.54) is 6.26 Å². The standard InChI is InChI=1S/C18H36N4O4S/c1-14(9-12-27(6,24)25)21-16(19-5)20-13-15-7-10-22(11-8-15)17(23)26-18(2,3)4/h14-15H,7-13H2,1-6H3,(H2,19,20,21). The second-order valence-electron chi connectivity index (χ2n) is 8.33. The van der Waals surface area contributed by atoms with E-state index in [4.69, 9.17) is 4.74 Å². The van der Waals surface area contributed by atoms with Crippen LogP contribution in [0.4, 0.5) is 4.79 Å². The van der Waals surface area contributed by atoms with E-state index in [1.54, 1.807) is 11.9 Å². The smallest absolute Gasteiger partial charge is 0.410 e. The normalized spacial score (nSPS) is 18.1. The number of carbonyl (C=O) groups is 1. The van der Waals surface area contributed by atoms with Crippen molar-refractivity contribution in [2.24, 2.45) is 10.9 Å². The molecule has 9 heteroatoms. The summed E-state index contributed by atoms with van der Waals surface area (Å²) in [7, 11) is -1.26. The van der Waals surface area contributed by atoms with Crippen molar-refractivity contribution in [3.05, 3.63) is 0 Å². The number of guanidine groups is 1. The van der Waals surface area contributed by atoms with Crippen LogP contribution in [0.15, 0.2) is 4.99 Å². The van der Waals surface area contributed by atoms with Crippen molar-refractivity contribution < 1.29 is 17.9 Å². The summed E-state index contributed by atoms with van der Waals surface area (Å²) in [5, 5.41) is 6.53. The highest BCUT2D eigenvalue weighted by Crippen LogP contribution is 2.19. The number of hydrogen-bond donors (Lipinski definition) is 2. The maximum absolute atomic E-state index is 12.1. The second-order valence-corrected chi connectivity index (χ2v) is 10.6. The number of nitrogens with zero attached hydrogens (tertiary/aromatic N) is 2. The van der Waals surface area contributed by atoms with Crippen molar-refractivity contribution >= 4 is 21.9 Å². The molecule has 1 amide bonds. The van der Waals surface area contributed by atoms with Crippen LogP contribution in [0.5, 0.6) is 0 Å². The highest BCUT2D eigenvalue weighted by atomic mass is 32.2. The lowest BCUT2D eigenvalue weighted by Crippen LogP contribution is -2.47. The van der Waals surface area contributed by atoms with Gasteiger partial charge in [0, 0.05) is 39.0 Å². The molecule has 158 valence electrons. The third-order valence-electron chi connectivity index (χ3n) is 4.35. The average Bonchev–Trinajstić information content (AvgIpc) is 2.55. The Hall–Kier alpha value is -1.51. The van der Waals surface area contributed by atoms with Crippen LogP contribution in [0.25, 0.3) is 0 Å². The minimum absolute atomic E-state index is 0.0138. The van der Waals surface area contributed by atoms with Gasteiger partial charge in [-0.1, -0.05) is 0 Å². The van der Waals surface area contributed by atoms with Gasteiger partial charge in [0.2, 0.25) is 0 Å². The lowest BCUT2D eigenvalue weighted by Gasteiger charge is -2.33. The molecule has 0 radical (unpaired) electrons. The molecule has 8 nitrogen and oxygen atoms in total. The number of amides is 1. The zero-order chi connectivity index (χ0) is 20.7. The highest BCUT2D eigenvalue weighted by molar-refractivity contribution is 7.90. The Balaban J connectivity index is 2.34. The van der Waals surface area contributed by atoms with Gasteiger partial charge >= 0.3 is 6.09 Å². The summed E-state index contributed by atoms with van der Waals surface area (Å²) >= 11 is 0. The zero-order valence-electron chi connectivity index (χ0n) is 17.5. The molecule has 0 saturated carbocycles. The van der Waals surface area contributed by atoms with Crippen molar-refractivity contribution in [3.63, 3.8) is 0 Å². The number of sulfone groups is 1. The SMILES string of the molecule is CN=C(NCC1CCN(C(=O)OC(C)(C)C)CC1)NC(C)CCS(C)(=O)=O. The van der Waals surface area contributed by atoms with Crippen LogP contribution in [0.3, 0.4) is 0 Å². The molecule has 27 heavy (non-hydrogen) atoms. The second kappa shape index (κ2) is 10.1. The number of likely N-dealkylation sites (tertiary alicyclic amines) is 1. The molecule has 0 aromatic rings. The third kappa shape index (κ3) is 10.4. The molecule has 1 rings (SSSR count). The monoisotopic (exact) mass is 404 g/mol. The summed E-state index contributed by atoms with van der Waals surface area (Å²) in [6.45, 7) is 9.71. The van der Waals surface area contributed by atoms with Gasteiger partial charge < -0.3 is 20.3 Å². The van der Waals surface area contributed by atoms with Crippen molar-refractivity contribution in [2.75, 3.05) is 38.7 Å². The number of rotatable bonds is 6. The molecule has 0 bridgehead atoms. The fraction of sp³-hybridized carbons (Fsp3) is 0.889. The van der Waals surface area contributed by atoms with E-state index < -0.39 is 15.4 Å². The summed E-state index contributed by atoms with van der Waals surface area (Å²) in [6.07, 6.45) is 3.36. The first-order valence-corrected chi connectivity index (χ1v) is 11.6. The largest absolute Gasteiger partial charge is 0.444 e. The Labute approximate surface area is 164 Å². The molecule has 2 N–H and O–H groups in total. The van der Waals surface area contributed by atoms with Gasteiger partial charge in [-0.3, -0.25) is 4.99 Å². The minimum atomic E-state index is -2.96. The Morgan fingerprint density at radius 3 is 2.37 bits per heavy atom. The predicted octanol–water partition coefficient (Wildman–Crippen LogP) is 1.62. The summed E-state index contributed by atoms with van der Waals surface area (Å²) in [6, 6.07) is 0.0138. The molecular weight excluding hydrogens is 368 g/mol. The predicted molar refractivity (Wildman–Crippen MR) is 109 cm³/mol. The van der Waals surface area contributed by atoms with Gasteiger partial charge in [0.05, 0.1) is 5.75 Å². The van der Waals surface area contributed by atoms with E-state index in [9.17, 15) is 13.2 Å². The Bertz CT molecular complexity index is 605. The topological polar surface area (TPSA) is 100 Å². The summed E-state index contributed by atoms with van der Waals surface area (Å²) in [4.78, 5) is 18.1. The fourth-order valence-electron chi connectivity index (χ4n) is 2.78. The van der Waals surface area contributed by atoms with Crippen molar-refractivity contribution in [1.82, 2.24) is 15.5 Å². The van der Waals surface area contributed by atoms with Gasteiger partial charge in [0.25, 0.3) is 0 Å². The molecule has 0 spiro atoms. The maximum atomic E-state index is 12.1. The van der Waals surface area contributed by atoms with Crippen molar-refractivity contribution in [3.8, 4) is 0 Å². The van der Waals surface area contributed by atoms with E-state index >= 15 is 0 Å². The van der Waals surface area contributed by atoms with E-state index in [0.717, 1.165) is 19.4 Å². The molecule has 1 fully saturated rings. The lowest BCUT2D eigenvalue weighted by molar-refractivity contribution is 0.0185. The van der Waals surface area contributed by atoms with Gasteiger partial charge in [0.1, 0.15) is 15.4 Å². The number of piperidine rings is 1. The van der Waals surface area contributed by atoms with Gasteiger partial charge in [-0.05, 0) is 52.9 Å². The first-order valence-electron chi connectivity index (χ1n) is 9.52. The van der Waals surface area contributed by atoms with Crippen LogP contribution in [-0.2, 0) is 14.6 Å². The Morgan fingerprint density at radius 1 is 1.30 bits per heavy atom. The van der Waals surface area contributed by atoms with Crippen LogP contribution in [0, 0.1) is 5.92 Å². The molecule has 1 unspecified atom stereocenters. The van der Waals surface area contributed by atoms with Gasteiger partial charge in [-0.15, -0.1) is 0 Å². The van der Waals surface area contributed by atoms with Crippen LogP contribution in [-0.4, -0.2) is 75.7 Å². The number of carbonyl (C=O) groups excluding carboxylic acids is 1. The zero-order valence-corrected chi connectivity index (χ0v) is 18.4. The molecule has 0 aliphatic carbocycles. The van der Waals surface area contributed by atoms with Crippen molar-refractivity contribution in [2.45, 2.75) is 58.6 Å². The van der Waals surface area contributed by atoms with Gasteiger partial charge in [-0.2, -0.15) is 0 Å². The van der Waals surface area contributed by atoms with E-state index in [0.29, 0.717) is 31.4 Å². The first-order chi connectivity index (χ1) is 12.4. The molecule has 0 aromatic heterocycles. The number of hydrogen-bond acceptors (Lipinski definition) is 5. The first kappa shape index (κ1) is 23.5. The molecule has 1 aliphatic rings. The highest BCUT2D eigenvalue weighted by Gasteiger charge is 2.26. The lowest BCUT2D eigenvalue weighted by atomic mass is 9.97. The van der Waals surface area contributed by atoms with E-state index in [2.05, 4.69) is 15.6 Å². The molecule has 0 aromatic carbocycles. The summed E-state index contributed by atoms with van der Waals surface area (Å²) < 4.78 is 27.9. The molecular formula is C18H36N4O4S. The Kier molecular flexibility index (Phi) is 8.84. The molecule has 1 heterocycles. The van der Waals surface area contributed by atoms with Gasteiger partial charge in [0.15, 0.2) is 5.96 Å². The van der Waals surface area contributed by atoms with Crippen molar-refractivity contribution in [1.29, 1.82) is 0 Å². The molecule has 1 atom stereocenters. The summed E-state index contributed by atoms with van der Waals surface area (Å²) in [5.41, 5.74) is -0.471. The fourth-order valence-corrected chi connectivity index (χ4v) is 3.56. The number of nitrogens with one attached hydrogen (secondary N) is 2. The third-order valence-corrected chi connectivity index (χ3v) is 5.33. The minimum Gasteiger partial charge on any atom is -0.444 e. The van der Waals surface area contributed by atoms with Crippen LogP contribution in [0.2, 0.25) is 0 Å². The molecule has 1 aliphatic heterocycles. The van der Waals surface area contributed by atoms with E-state index in [1.807, 2.05) is 27.7 Å². The Morgan fingerprint density at radius 2 is 1.89 bits per heavy atom. The number of aliphatic imine (C=N–C) groups is 1. The van der Waals surface area contributed by atoms with Gasteiger partial charge in [-0.25, -0.2) is 13.2 Å². The quantitative estimate of drug-likeness (QED) is 0.515. The average molecular weight is 405 g/mol. The van der Waals surface area contributed by atoms with E-state index in [-0.39, 0.29) is 17.9 Å². The molecule has 1 saturated heterocycles. The van der Waals surface area contributed by atoms with Crippen LogP contribution in [0.1, 0.15) is 47.0 Å². The summed E-state index contributed by atoms with van der Waals surface area (Å²) in [5.74, 6) is 1.28. The maximum Gasteiger partial charge on any atom is 0.410 e. The van der Waals surface area contributed by atoms with Crippen LogP contribution < -0.4 is 10.6 Å².